The highest BCUT2D eigenvalue weighted by Crippen LogP contribution is 2.22. The maximum Gasteiger partial charge on any atom is 0.335 e. The first-order valence-electron chi connectivity index (χ1n) is 6.78. The van der Waals surface area contributed by atoms with Crippen molar-refractivity contribution in [1.29, 1.82) is 0 Å². The molecule has 22 heavy (non-hydrogen) atoms. The van der Waals surface area contributed by atoms with Gasteiger partial charge in [0.15, 0.2) is 0 Å². The van der Waals surface area contributed by atoms with Gasteiger partial charge in [-0.25, -0.2) is 4.79 Å². The number of carboxylic acid groups (broad SMARTS) is 1. The lowest BCUT2D eigenvalue weighted by Gasteiger charge is -2.07. The molecule has 5 nitrogen and oxygen atoms in total. The molecule has 0 amide bonds. The molecule has 0 aliphatic rings. The van der Waals surface area contributed by atoms with E-state index in [4.69, 9.17) is 9.84 Å². The Morgan fingerprint density at radius 1 is 1.14 bits per heavy atom. The Morgan fingerprint density at radius 2 is 1.86 bits per heavy atom. The van der Waals surface area contributed by atoms with E-state index in [1.54, 1.807) is 42.5 Å². The summed E-state index contributed by atoms with van der Waals surface area (Å²) in [6, 6.07) is 13.5. The van der Waals surface area contributed by atoms with Crippen LogP contribution in [-0.2, 0) is 13.7 Å². The van der Waals surface area contributed by atoms with E-state index in [0.29, 0.717) is 12.4 Å². The molecule has 0 bridgehead atoms. The summed E-state index contributed by atoms with van der Waals surface area (Å²) in [7, 11) is 1.88. The van der Waals surface area contributed by atoms with E-state index in [9.17, 15) is 9.90 Å². The van der Waals surface area contributed by atoms with Crippen LogP contribution in [0.5, 0.6) is 11.5 Å². The summed E-state index contributed by atoms with van der Waals surface area (Å²) in [5.41, 5.74) is 2.05. The van der Waals surface area contributed by atoms with Crippen molar-refractivity contribution in [1.82, 2.24) is 4.57 Å². The molecule has 0 unspecified atom stereocenters. The topological polar surface area (TPSA) is 71.7 Å². The first-order valence-corrected chi connectivity index (χ1v) is 6.78. The molecule has 0 radical (unpaired) electrons. The number of rotatable bonds is 4. The van der Waals surface area contributed by atoms with E-state index >= 15 is 0 Å². The number of aryl methyl sites for hydroxylation is 1. The molecule has 0 saturated carbocycles. The third kappa shape index (κ3) is 2.61. The van der Waals surface area contributed by atoms with Crippen LogP contribution in [0.3, 0.4) is 0 Å². The molecule has 3 aromatic rings. The molecule has 1 aromatic heterocycles. The second kappa shape index (κ2) is 5.44. The maximum absolute atomic E-state index is 11.0. The molecule has 0 saturated heterocycles. The highest BCUT2D eigenvalue weighted by atomic mass is 16.5. The van der Waals surface area contributed by atoms with Crippen molar-refractivity contribution in [3.8, 4) is 11.5 Å². The van der Waals surface area contributed by atoms with Gasteiger partial charge in [-0.3, -0.25) is 0 Å². The van der Waals surface area contributed by atoms with Crippen LogP contribution in [0.2, 0.25) is 0 Å². The molecular weight excluding hydrogens is 282 g/mol. The number of carboxylic acids is 1. The molecule has 0 aliphatic carbocycles. The lowest BCUT2D eigenvalue weighted by atomic mass is 10.1. The third-order valence-electron chi connectivity index (χ3n) is 3.62. The van der Waals surface area contributed by atoms with E-state index in [-0.39, 0.29) is 11.3 Å². The fraction of sp³-hybridized carbons (Fsp3) is 0.118. The fourth-order valence-electron chi connectivity index (χ4n) is 2.36. The quantitative estimate of drug-likeness (QED) is 0.776. The number of phenolic OH excluding ortho intramolecular Hbond substituents is 1. The van der Waals surface area contributed by atoms with Gasteiger partial charge in [0.1, 0.15) is 18.1 Å². The maximum atomic E-state index is 11.0. The Kier molecular flexibility index (Phi) is 3.47. The summed E-state index contributed by atoms with van der Waals surface area (Å²) < 4.78 is 7.61. The van der Waals surface area contributed by atoms with Crippen molar-refractivity contribution in [2.75, 3.05) is 0 Å². The Balaban J connectivity index is 1.86. The molecular formula is C17H15NO4. The number of ether oxygens (including phenoxy) is 1. The lowest BCUT2D eigenvalue weighted by Crippen LogP contribution is -2.02. The molecule has 2 N–H and O–H groups in total. The number of hydrogen-bond donors (Lipinski definition) is 2. The zero-order valence-corrected chi connectivity index (χ0v) is 12.0. The van der Waals surface area contributed by atoms with Crippen molar-refractivity contribution in [2.24, 2.45) is 7.05 Å². The van der Waals surface area contributed by atoms with Gasteiger partial charge in [-0.05, 0) is 42.5 Å². The number of benzene rings is 2. The van der Waals surface area contributed by atoms with E-state index in [0.717, 1.165) is 16.6 Å². The second-order valence-electron chi connectivity index (χ2n) is 5.06. The predicted molar refractivity (Wildman–Crippen MR) is 82.3 cm³/mol. The SMILES string of the molecule is Cn1c(COc2ccc(O)cc2)cc2ccc(C(=O)O)cc21. The number of carbonyl (C=O) groups is 1. The molecule has 5 heteroatoms. The minimum Gasteiger partial charge on any atom is -0.508 e. The van der Waals surface area contributed by atoms with Crippen molar-refractivity contribution < 1.29 is 19.7 Å². The monoisotopic (exact) mass is 297 g/mol. The van der Waals surface area contributed by atoms with Gasteiger partial charge in [0.05, 0.1) is 11.3 Å². The van der Waals surface area contributed by atoms with Gasteiger partial charge in [-0.15, -0.1) is 0 Å². The fourth-order valence-corrected chi connectivity index (χ4v) is 2.36. The van der Waals surface area contributed by atoms with Crippen LogP contribution < -0.4 is 4.74 Å². The Labute approximate surface area is 127 Å². The molecule has 2 aromatic carbocycles. The predicted octanol–water partition coefficient (Wildman–Crippen LogP) is 3.16. The third-order valence-corrected chi connectivity index (χ3v) is 3.62. The average molecular weight is 297 g/mol. The summed E-state index contributed by atoms with van der Waals surface area (Å²) in [6.45, 7) is 0.359. The van der Waals surface area contributed by atoms with Crippen LogP contribution in [0.15, 0.2) is 48.5 Å². The molecule has 1 heterocycles. The Hall–Kier alpha value is -2.95. The van der Waals surface area contributed by atoms with Crippen LogP contribution >= 0.6 is 0 Å². The van der Waals surface area contributed by atoms with Crippen molar-refractivity contribution in [3.63, 3.8) is 0 Å². The first-order chi connectivity index (χ1) is 10.5. The number of aromatic nitrogens is 1. The van der Waals surface area contributed by atoms with E-state index < -0.39 is 5.97 Å². The smallest absolute Gasteiger partial charge is 0.335 e. The van der Waals surface area contributed by atoms with E-state index in [2.05, 4.69) is 0 Å². The van der Waals surface area contributed by atoms with Gasteiger partial charge in [0.2, 0.25) is 0 Å². The van der Waals surface area contributed by atoms with Gasteiger partial charge in [-0.2, -0.15) is 0 Å². The first kappa shape index (κ1) is 14.0. The standard InChI is InChI=1S/C17H15NO4/c1-18-13(10-22-15-6-4-14(19)5-7-15)8-11-2-3-12(17(20)21)9-16(11)18/h2-9,19H,10H2,1H3,(H,20,21). The number of aromatic carboxylic acids is 1. The number of fused-ring (bicyclic) bond motifs is 1. The minimum absolute atomic E-state index is 0.193. The molecule has 0 fully saturated rings. The summed E-state index contributed by atoms with van der Waals surface area (Å²) >= 11 is 0. The van der Waals surface area contributed by atoms with Crippen molar-refractivity contribution in [2.45, 2.75) is 6.61 Å². The van der Waals surface area contributed by atoms with Crippen molar-refractivity contribution >= 4 is 16.9 Å². The average Bonchev–Trinajstić information content (AvgIpc) is 2.83. The molecule has 0 atom stereocenters. The highest BCUT2D eigenvalue weighted by Gasteiger charge is 2.10. The molecule has 0 aliphatic heterocycles. The minimum atomic E-state index is -0.940. The van der Waals surface area contributed by atoms with Gasteiger partial charge in [0, 0.05) is 18.0 Å². The highest BCUT2D eigenvalue weighted by molar-refractivity contribution is 5.93. The van der Waals surface area contributed by atoms with E-state index in [1.807, 2.05) is 17.7 Å². The summed E-state index contributed by atoms with van der Waals surface area (Å²) in [4.78, 5) is 11.0. The summed E-state index contributed by atoms with van der Waals surface area (Å²) in [6.07, 6.45) is 0. The van der Waals surface area contributed by atoms with Gasteiger partial charge < -0.3 is 19.5 Å². The van der Waals surface area contributed by atoms with Crippen molar-refractivity contribution in [3.05, 3.63) is 59.8 Å². The lowest BCUT2D eigenvalue weighted by molar-refractivity contribution is 0.0697. The zero-order chi connectivity index (χ0) is 15.7. The molecule has 112 valence electrons. The van der Waals surface area contributed by atoms with Gasteiger partial charge in [-0.1, -0.05) is 6.07 Å². The largest absolute Gasteiger partial charge is 0.508 e. The Bertz CT molecular complexity index is 834. The number of phenols is 1. The molecule has 3 rings (SSSR count). The molecule has 0 spiro atoms. The van der Waals surface area contributed by atoms with Crippen LogP contribution in [0.4, 0.5) is 0 Å². The second-order valence-corrected chi connectivity index (χ2v) is 5.06. The summed E-state index contributed by atoms with van der Waals surface area (Å²) in [5, 5.41) is 19.3. The van der Waals surface area contributed by atoms with Crippen LogP contribution in [0, 0.1) is 0 Å². The Morgan fingerprint density at radius 3 is 2.55 bits per heavy atom. The number of aromatic hydroxyl groups is 1. The zero-order valence-electron chi connectivity index (χ0n) is 12.0. The number of hydrogen-bond acceptors (Lipinski definition) is 3. The number of nitrogens with zero attached hydrogens (tertiary/aromatic N) is 1. The normalized spacial score (nSPS) is 10.8. The van der Waals surface area contributed by atoms with Crippen LogP contribution in [0.1, 0.15) is 16.1 Å². The van der Waals surface area contributed by atoms with Crippen LogP contribution in [0.25, 0.3) is 10.9 Å². The van der Waals surface area contributed by atoms with Gasteiger partial charge >= 0.3 is 5.97 Å². The summed E-state index contributed by atoms with van der Waals surface area (Å²) in [5.74, 6) is -0.0857. The van der Waals surface area contributed by atoms with E-state index in [1.165, 1.54) is 0 Å². The van der Waals surface area contributed by atoms with Crippen LogP contribution in [-0.4, -0.2) is 20.7 Å². The van der Waals surface area contributed by atoms with Gasteiger partial charge in [0.25, 0.3) is 0 Å².